The molecule has 1 rings (SSSR count). The number of quaternary nitrogens is 1. The van der Waals surface area contributed by atoms with Crippen LogP contribution in [-0.2, 0) is 0 Å². The minimum Gasteiger partial charge on any atom is -0.320 e. The lowest BCUT2D eigenvalue weighted by atomic mass is 10.1. The largest absolute Gasteiger partial charge is 0.320 e. The summed E-state index contributed by atoms with van der Waals surface area (Å²) in [6.45, 7) is 12.3. The molecule has 0 spiro atoms. The highest BCUT2D eigenvalue weighted by Crippen LogP contribution is 2.19. The topological polar surface area (TPSA) is 0 Å². The SMILES string of the molecule is CCCCCCCC[N+](CC=Cc1ccccc1)(CCCCCCCC)CCCCCCCC. The summed E-state index contributed by atoms with van der Waals surface area (Å²) in [4.78, 5) is 0. The van der Waals surface area contributed by atoms with E-state index in [0.29, 0.717) is 0 Å². The Kier molecular flexibility index (Phi) is 20.4. The Labute approximate surface area is 215 Å². The van der Waals surface area contributed by atoms with Crippen LogP contribution in [0.25, 0.3) is 6.08 Å². The monoisotopic (exact) mass is 470 g/mol. The average molecular weight is 471 g/mol. The van der Waals surface area contributed by atoms with Gasteiger partial charge in [0.2, 0.25) is 0 Å². The summed E-state index contributed by atoms with van der Waals surface area (Å²) >= 11 is 0. The van der Waals surface area contributed by atoms with Gasteiger partial charge in [0, 0.05) is 0 Å². The first kappa shape index (κ1) is 31.0. The molecule has 0 atom stereocenters. The number of hydrogen-bond donors (Lipinski definition) is 0. The zero-order valence-electron chi connectivity index (χ0n) is 23.5. The van der Waals surface area contributed by atoms with E-state index in [0.717, 1.165) is 0 Å². The molecule has 0 saturated carbocycles. The normalized spacial score (nSPS) is 12.1. The zero-order valence-corrected chi connectivity index (χ0v) is 23.5. The molecule has 0 amide bonds. The van der Waals surface area contributed by atoms with Crippen molar-refractivity contribution in [3.63, 3.8) is 0 Å². The number of benzene rings is 1. The van der Waals surface area contributed by atoms with Crippen molar-refractivity contribution in [3.05, 3.63) is 42.0 Å². The van der Waals surface area contributed by atoms with E-state index in [1.807, 2.05) is 0 Å². The summed E-state index contributed by atoms with van der Waals surface area (Å²) in [5.74, 6) is 0. The predicted octanol–water partition coefficient (Wildman–Crippen LogP) is 10.6. The van der Waals surface area contributed by atoms with Crippen LogP contribution in [0.4, 0.5) is 0 Å². The summed E-state index contributed by atoms with van der Waals surface area (Å²) in [6, 6.07) is 10.9. The van der Waals surface area contributed by atoms with E-state index in [2.05, 4.69) is 63.3 Å². The fourth-order valence-electron chi connectivity index (χ4n) is 5.27. The predicted molar refractivity (Wildman–Crippen MR) is 155 cm³/mol. The van der Waals surface area contributed by atoms with Crippen LogP contribution in [-0.4, -0.2) is 30.7 Å². The van der Waals surface area contributed by atoms with E-state index in [4.69, 9.17) is 0 Å². The van der Waals surface area contributed by atoms with Crippen LogP contribution in [0.15, 0.2) is 36.4 Å². The molecule has 0 aliphatic carbocycles. The molecule has 0 aromatic heterocycles. The van der Waals surface area contributed by atoms with Gasteiger partial charge in [-0.25, -0.2) is 0 Å². The van der Waals surface area contributed by atoms with Gasteiger partial charge in [-0.3, -0.25) is 0 Å². The Balaban J connectivity index is 2.73. The molecule has 1 nitrogen and oxygen atoms in total. The molecule has 1 aromatic carbocycles. The van der Waals surface area contributed by atoms with Crippen molar-refractivity contribution in [2.75, 3.05) is 26.2 Å². The van der Waals surface area contributed by atoms with Gasteiger partial charge in [0.05, 0.1) is 26.2 Å². The molecular weight excluding hydrogens is 410 g/mol. The summed E-state index contributed by atoms with van der Waals surface area (Å²) in [6.07, 6.45) is 30.2. The second-order valence-electron chi connectivity index (χ2n) is 10.8. The van der Waals surface area contributed by atoms with E-state index in [9.17, 15) is 0 Å². The first-order chi connectivity index (χ1) is 16.8. The Morgan fingerprint density at radius 3 is 1.29 bits per heavy atom. The molecule has 34 heavy (non-hydrogen) atoms. The molecule has 0 bridgehead atoms. The number of unbranched alkanes of at least 4 members (excludes halogenated alkanes) is 15. The molecule has 196 valence electrons. The number of hydrogen-bond acceptors (Lipinski definition) is 0. The second-order valence-corrected chi connectivity index (χ2v) is 10.8. The van der Waals surface area contributed by atoms with Crippen LogP contribution in [0.1, 0.15) is 142 Å². The van der Waals surface area contributed by atoms with Gasteiger partial charge in [-0.15, -0.1) is 0 Å². The van der Waals surface area contributed by atoms with E-state index in [-0.39, 0.29) is 0 Å². The van der Waals surface area contributed by atoms with Gasteiger partial charge in [0.15, 0.2) is 0 Å². The molecule has 1 aromatic rings. The van der Waals surface area contributed by atoms with Crippen LogP contribution in [0, 0.1) is 0 Å². The van der Waals surface area contributed by atoms with Crippen molar-refractivity contribution >= 4 is 6.08 Å². The van der Waals surface area contributed by atoms with Crippen LogP contribution in [0.2, 0.25) is 0 Å². The first-order valence-electron chi connectivity index (χ1n) is 15.3. The minimum absolute atomic E-state index is 1.22. The van der Waals surface area contributed by atoms with Gasteiger partial charge in [-0.1, -0.05) is 134 Å². The fourth-order valence-corrected chi connectivity index (χ4v) is 5.27. The maximum absolute atomic E-state index is 2.50. The Morgan fingerprint density at radius 2 is 0.882 bits per heavy atom. The van der Waals surface area contributed by atoms with Gasteiger partial charge in [-0.05, 0) is 50.2 Å². The summed E-state index contributed by atoms with van der Waals surface area (Å²) in [5, 5.41) is 0. The van der Waals surface area contributed by atoms with Gasteiger partial charge < -0.3 is 4.48 Å². The molecule has 0 saturated heterocycles. The highest BCUT2D eigenvalue weighted by Gasteiger charge is 2.24. The molecule has 0 fully saturated rings. The van der Waals surface area contributed by atoms with E-state index < -0.39 is 0 Å². The van der Waals surface area contributed by atoms with Gasteiger partial charge >= 0.3 is 0 Å². The zero-order chi connectivity index (χ0) is 24.6. The van der Waals surface area contributed by atoms with Crippen molar-refractivity contribution in [2.24, 2.45) is 0 Å². The third-order valence-electron chi connectivity index (χ3n) is 7.56. The van der Waals surface area contributed by atoms with Crippen molar-refractivity contribution < 1.29 is 4.48 Å². The molecule has 0 aliphatic rings. The number of rotatable bonds is 24. The van der Waals surface area contributed by atoms with E-state index in [1.54, 1.807) is 0 Å². The van der Waals surface area contributed by atoms with Crippen LogP contribution < -0.4 is 0 Å². The molecule has 0 unspecified atom stereocenters. The van der Waals surface area contributed by atoms with Gasteiger partial charge in [0.25, 0.3) is 0 Å². The third kappa shape index (κ3) is 16.5. The van der Waals surface area contributed by atoms with Crippen LogP contribution >= 0.6 is 0 Å². The highest BCUT2D eigenvalue weighted by atomic mass is 15.3. The Morgan fingerprint density at radius 1 is 0.500 bits per heavy atom. The lowest BCUT2D eigenvalue weighted by Crippen LogP contribution is -2.50. The van der Waals surface area contributed by atoms with Gasteiger partial charge in [-0.2, -0.15) is 0 Å². The van der Waals surface area contributed by atoms with Gasteiger partial charge in [0.1, 0.15) is 0 Å². The molecule has 0 heterocycles. The Hall–Kier alpha value is -1.08. The number of nitrogens with zero attached hydrogens (tertiary/aromatic N) is 1. The summed E-state index contributed by atoms with van der Waals surface area (Å²) in [5.41, 5.74) is 1.35. The van der Waals surface area contributed by atoms with Crippen molar-refractivity contribution in [3.8, 4) is 0 Å². The van der Waals surface area contributed by atoms with Crippen molar-refractivity contribution in [1.29, 1.82) is 0 Å². The maximum atomic E-state index is 2.50. The van der Waals surface area contributed by atoms with Crippen LogP contribution in [0.5, 0.6) is 0 Å². The molecule has 1 heteroatoms. The lowest BCUT2D eigenvalue weighted by Gasteiger charge is -2.39. The molecule has 0 N–H and O–H groups in total. The molecule has 0 radical (unpaired) electrons. The standard InChI is InChI=1S/C33H60N/c1-4-7-10-13-16-22-29-34(30-23-17-14-11-8-5-2,31-24-18-15-12-9-6-3)32-25-28-33-26-20-19-21-27-33/h19-21,25-28H,4-18,22-24,29-32H2,1-3H3/q+1. The molecular formula is C33H60N+. The first-order valence-corrected chi connectivity index (χ1v) is 15.3. The maximum Gasteiger partial charge on any atom is 0.0977 e. The summed E-state index contributed by atoms with van der Waals surface area (Å²) in [7, 11) is 0. The van der Waals surface area contributed by atoms with E-state index >= 15 is 0 Å². The summed E-state index contributed by atoms with van der Waals surface area (Å²) < 4.78 is 1.33. The third-order valence-corrected chi connectivity index (χ3v) is 7.56. The van der Waals surface area contributed by atoms with E-state index in [1.165, 1.54) is 152 Å². The van der Waals surface area contributed by atoms with Crippen molar-refractivity contribution in [2.45, 2.75) is 136 Å². The minimum atomic E-state index is 1.22. The molecule has 0 aliphatic heterocycles. The fraction of sp³-hybridized carbons (Fsp3) is 0.758. The van der Waals surface area contributed by atoms with Crippen molar-refractivity contribution in [1.82, 2.24) is 0 Å². The van der Waals surface area contributed by atoms with Crippen LogP contribution in [0.3, 0.4) is 0 Å². The second kappa shape index (κ2) is 22.4. The highest BCUT2D eigenvalue weighted by molar-refractivity contribution is 5.48. The lowest BCUT2D eigenvalue weighted by molar-refractivity contribution is -0.923. The smallest absolute Gasteiger partial charge is 0.0977 e. The Bertz CT molecular complexity index is 520. The quantitative estimate of drug-likeness (QED) is 0.104. The average Bonchev–Trinajstić information content (AvgIpc) is 2.86.